The highest BCUT2D eigenvalue weighted by atomic mass is 16.7. The van der Waals surface area contributed by atoms with Crippen molar-refractivity contribution in [3.63, 3.8) is 0 Å². The second-order valence-corrected chi connectivity index (χ2v) is 27.4. The molecule has 1 fully saturated rings. The van der Waals surface area contributed by atoms with Crippen LogP contribution in [0, 0.1) is 0 Å². The van der Waals surface area contributed by atoms with Crippen LogP contribution in [0.5, 0.6) is 0 Å². The molecule has 0 aromatic rings. The molecule has 0 aromatic carbocycles. The molecular formula is C79H149NO10. The Hall–Kier alpha value is -2.12. The van der Waals surface area contributed by atoms with Crippen LogP contribution in [0.4, 0.5) is 0 Å². The first-order valence-corrected chi connectivity index (χ1v) is 39.3. The van der Waals surface area contributed by atoms with Gasteiger partial charge in [0.05, 0.1) is 32.0 Å². The largest absolute Gasteiger partial charge is 0.466 e. The van der Waals surface area contributed by atoms with E-state index >= 15 is 0 Å². The Morgan fingerprint density at radius 2 is 0.722 bits per heavy atom. The number of esters is 1. The van der Waals surface area contributed by atoms with Crippen LogP contribution in [0.15, 0.2) is 36.5 Å². The average molecular weight is 1270 g/mol. The SMILES string of the molecule is CCCCCCCC/C=C/CC/C=C/C(O)C(COC1OC(CO)C(O)C(O)C1O)NC(=O)CCCCCCCCCCCCCCCCCCC/C=C\CCCCCCCCCCCCCCCCCCCCOC(=O)CCCCCCCCCCCCC. The number of aliphatic hydroxyl groups is 5. The lowest BCUT2D eigenvalue weighted by molar-refractivity contribution is -0.302. The van der Waals surface area contributed by atoms with Gasteiger partial charge in [-0.2, -0.15) is 0 Å². The van der Waals surface area contributed by atoms with Crippen LogP contribution in [0.2, 0.25) is 0 Å². The van der Waals surface area contributed by atoms with Crippen molar-refractivity contribution < 1.29 is 49.3 Å². The summed E-state index contributed by atoms with van der Waals surface area (Å²) in [6, 6.07) is -0.824. The molecule has 1 saturated heterocycles. The Labute approximate surface area is 555 Å². The molecule has 7 unspecified atom stereocenters. The number of allylic oxidation sites excluding steroid dienone is 5. The van der Waals surface area contributed by atoms with Crippen molar-refractivity contribution in [3.8, 4) is 0 Å². The van der Waals surface area contributed by atoms with Gasteiger partial charge in [0, 0.05) is 12.8 Å². The number of carbonyl (C=O) groups excluding carboxylic acids is 2. The van der Waals surface area contributed by atoms with Crippen LogP contribution in [0.1, 0.15) is 393 Å². The van der Waals surface area contributed by atoms with Crippen LogP contribution in [-0.4, -0.2) is 100 Å². The lowest BCUT2D eigenvalue weighted by atomic mass is 9.99. The van der Waals surface area contributed by atoms with E-state index in [4.69, 9.17) is 14.2 Å². The van der Waals surface area contributed by atoms with E-state index in [1.807, 2.05) is 6.08 Å². The summed E-state index contributed by atoms with van der Waals surface area (Å²) in [7, 11) is 0. The number of carbonyl (C=O) groups is 2. The second kappa shape index (κ2) is 68.3. The highest BCUT2D eigenvalue weighted by molar-refractivity contribution is 5.76. The molecule has 0 aliphatic carbocycles. The fraction of sp³-hybridized carbons (Fsp3) is 0.899. The summed E-state index contributed by atoms with van der Waals surface area (Å²) >= 11 is 0. The van der Waals surface area contributed by atoms with Gasteiger partial charge >= 0.3 is 5.97 Å². The number of ether oxygens (including phenoxy) is 3. The summed E-state index contributed by atoms with van der Waals surface area (Å²) in [5.74, 6) is -0.169. The van der Waals surface area contributed by atoms with E-state index in [0.717, 1.165) is 51.4 Å². The smallest absolute Gasteiger partial charge is 0.305 e. The van der Waals surface area contributed by atoms with Crippen LogP contribution < -0.4 is 5.32 Å². The van der Waals surface area contributed by atoms with E-state index in [1.165, 1.54) is 315 Å². The van der Waals surface area contributed by atoms with E-state index in [1.54, 1.807) is 6.08 Å². The van der Waals surface area contributed by atoms with Crippen LogP contribution >= 0.6 is 0 Å². The van der Waals surface area contributed by atoms with Gasteiger partial charge in [0.2, 0.25) is 5.91 Å². The monoisotopic (exact) mass is 1270 g/mol. The van der Waals surface area contributed by atoms with Crippen molar-refractivity contribution in [2.75, 3.05) is 19.8 Å². The van der Waals surface area contributed by atoms with Crippen LogP contribution in [0.25, 0.3) is 0 Å². The lowest BCUT2D eigenvalue weighted by Gasteiger charge is -2.40. The second-order valence-electron chi connectivity index (χ2n) is 27.4. The molecule has 530 valence electrons. The molecule has 1 aliphatic heterocycles. The summed E-state index contributed by atoms with van der Waals surface area (Å²) in [4.78, 5) is 25.1. The Kier molecular flexibility index (Phi) is 65.2. The van der Waals surface area contributed by atoms with E-state index in [2.05, 4.69) is 43.5 Å². The number of unbranched alkanes of at least 4 members (excludes halogenated alkanes) is 52. The van der Waals surface area contributed by atoms with Crippen molar-refractivity contribution in [2.45, 2.75) is 436 Å². The van der Waals surface area contributed by atoms with Gasteiger partial charge in [-0.25, -0.2) is 0 Å². The molecule has 6 N–H and O–H groups in total. The van der Waals surface area contributed by atoms with Gasteiger partial charge in [-0.05, 0) is 70.6 Å². The molecule has 90 heavy (non-hydrogen) atoms. The third-order valence-electron chi connectivity index (χ3n) is 18.7. The summed E-state index contributed by atoms with van der Waals surface area (Å²) < 4.78 is 16.7. The Balaban J connectivity index is 1.89. The minimum absolute atomic E-state index is 0.0168. The van der Waals surface area contributed by atoms with Gasteiger partial charge in [-0.15, -0.1) is 0 Å². The molecule has 0 saturated carbocycles. The molecule has 1 heterocycles. The minimum Gasteiger partial charge on any atom is -0.466 e. The van der Waals surface area contributed by atoms with E-state index in [-0.39, 0.29) is 18.5 Å². The van der Waals surface area contributed by atoms with Crippen molar-refractivity contribution in [2.24, 2.45) is 0 Å². The first-order chi connectivity index (χ1) is 44.2. The maximum Gasteiger partial charge on any atom is 0.305 e. The van der Waals surface area contributed by atoms with Crippen LogP contribution in [-0.2, 0) is 23.8 Å². The fourth-order valence-corrected chi connectivity index (χ4v) is 12.6. The average Bonchev–Trinajstić information content (AvgIpc) is 1.01. The zero-order chi connectivity index (χ0) is 65.1. The zero-order valence-corrected chi connectivity index (χ0v) is 59.1. The van der Waals surface area contributed by atoms with Gasteiger partial charge in [-0.3, -0.25) is 9.59 Å². The molecule has 7 atom stereocenters. The third-order valence-corrected chi connectivity index (χ3v) is 18.7. The molecule has 11 heteroatoms. The minimum atomic E-state index is -1.57. The summed E-state index contributed by atoms with van der Waals surface area (Å²) in [6.07, 6.45) is 79.0. The van der Waals surface area contributed by atoms with E-state index in [0.29, 0.717) is 19.4 Å². The Morgan fingerprint density at radius 3 is 1.10 bits per heavy atom. The maximum absolute atomic E-state index is 13.1. The normalized spacial score (nSPS) is 17.8. The number of hydrogen-bond donors (Lipinski definition) is 6. The van der Waals surface area contributed by atoms with Crippen LogP contribution in [0.3, 0.4) is 0 Å². The first-order valence-electron chi connectivity index (χ1n) is 39.3. The predicted octanol–water partition coefficient (Wildman–Crippen LogP) is 20.9. The van der Waals surface area contributed by atoms with Gasteiger partial charge in [-0.1, -0.05) is 346 Å². The maximum atomic E-state index is 13.1. The lowest BCUT2D eigenvalue weighted by Crippen LogP contribution is -2.60. The molecule has 1 rings (SSSR count). The number of hydrogen-bond acceptors (Lipinski definition) is 10. The molecule has 0 spiro atoms. The van der Waals surface area contributed by atoms with Gasteiger partial charge in [0.1, 0.15) is 24.4 Å². The van der Waals surface area contributed by atoms with Crippen molar-refractivity contribution in [3.05, 3.63) is 36.5 Å². The molecule has 1 aliphatic rings. The highest BCUT2D eigenvalue weighted by Crippen LogP contribution is 2.24. The number of aliphatic hydroxyl groups excluding tert-OH is 5. The molecule has 0 radical (unpaired) electrons. The Morgan fingerprint density at radius 1 is 0.400 bits per heavy atom. The molecule has 0 bridgehead atoms. The molecule has 1 amide bonds. The molecular weight excluding hydrogens is 1120 g/mol. The van der Waals surface area contributed by atoms with Gasteiger partial charge in [0.25, 0.3) is 0 Å². The standard InChI is InChI=1S/C79H149NO10/c1-3-5-7-9-11-13-15-46-49-53-57-61-65-72(82)71(70-89-79-78(87)77(86)76(85)73(69-81)90-79)80-74(83)66-62-58-54-50-47-43-41-39-37-35-33-31-29-27-25-23-21-19-17-16-18-20-22-24-26-28-30-32-34-36-38-40-42-44-48-52-56-60-64-68-88-75(84)67-63-59-55-51-45-14-12-10-8-6-4-2/h16-17,46,49,61,65,71-73,76-79,81-82,85-87H,3-15,18-45,47-48,50-60,62-64,66-70H2,1-2H3,(H,80,83)/b17-16-,49-46+,65-61+. The zero-order valence-electron chi connectivity index (χ0n) is 59.1. The quantitative estimate of drug-likeness (QED) is 0.0195. The van der Waals surface area contributed by atoms with E-state index in [9.17, 15) is 35.1 Å². The predicted molar refractivity (Wildman–Crippen MR) is 380 cm³/mol. The topological polar surface area (TPSA) is 175 Å². The summed E-state index contributed by atoms with van der Waals surface area (Å²) in [5, 5.41) is 54.5. The van der Waals surface area contributed by atoms with Gasteiger partial charge < -0.3 is 45.1 Å². The van der Waals surface area contributed by atoms with Gasteiger partial charge in [0.15, 0.2) is 6.29 Å². The van der Waals surface area contributed by atoms with E-state index < -0.39 is 49.5 Å². The highest BCUT2D eigenvalue weighted by Gasteiger charge is 2.44. The molecule has 11 nitrogen and oxygen atoms in total. The first kappa shape index (κ1) is 85.9. The third kappa shape index (κ3) is 56.2. The number of amides is 1. The van der Waals surface area contributed by atoms with Crippen molar-refractivity contribution in [1.29, 1.82) is 0 Å². The Bertz CT molecular complexity index is 1590. The summed E-state index contributed by atoms with van der Waals surface area (Å²) in [6.45, 7) is 4.36. The summed E-state index contributed by atoms with van der Waals surface area (Å²) in [5.41, 5.74) is 0. The number of rotatable bonds is 70. The number of nitrogens with one attached hydrogen (secondary N) is 1. The van der Waals surface area contributed by atoms with Crippen molar-refractivity contribution in [1.82, 2.24) is 5.32 Å². The molecule has 0 aromatic heterocycles. The van der Waals surface area contributed by atoms with Crippen molar-refractivity contribution >= 4 is 11.9 Å². The fourth-order valence-electron chi connectivity index (χ4n) is 12.6.